The molecule has 2 aromatic rings. The molecular formula is C15H18N2O2S. The van der Waals surface area contributed by atoms with Gasteiger partial charge in [0.1, 0.15) is 0 Å². The van der Waals surface area contributed by atoms with Crippen molar-refractivity contribution in [2.75, 3.05) is 18.6 Å². The average molecular weight is 290 g/mol. The zero-order valence-corrected chi connectivity index (χ0v) is 12.3. The van der Waals surface area contributed by atoms with Crippen LogP contribution in [-0.2, 0) is 16.4 Å². The van der Waals surface area contributed by atoms with E-state index in [9.17, 15) is 8.42 Å². The van der Waals surface area contributed by atoms with Gasteiger partial charge in [0.25, 0.3) is 0 Å². The molecule has 106 valence electrons. The Morgan fingerprint density at radius 1 is 1.30 bits per heavy atom. The SMILES string of the molecule is CN(Cc1ccnc2ccccc12)C1CCS(=O)(=O)C1. The van der Waals surface area contributed by atoms with Gasteiger partial charge in [0, 0.05) is 24.2 Å². The van der Waals surface area contributed by atoms with Crippen LogP contribution in [0.25, 0.3) is 10.9 Å². The average Bonchev–Trinajstić information content (AvgIpc) is 2.80. The van der Waals surface area contributed by atoms with Crippen molar-refractivity contribution in [1.29, 1.82) is 0 Å². The van der Waals surface area contributed by atoms with Crippen LogP contribution in [0.1, 0.15) is 12.0 Å². The van der Waals surface area contributed by atoms with Gasteiger partial charge in [0.15, 0.2) is 9.84 Å². The van der Waals surface area contributed by atoms with E-state index in [2.05, 4.69) is 16.0 Å². The molecule has 1 aliphatic rings. The lowest BCUT2D eigenvalue weighted by atomic mass is 10.1. The highest BCUT2D eigenvalue weighted by molar-refractivity contribution is 7.91. The Balaban J connectivity index is 1.83. The van der Waals surface area contributed by atoms with E-state index in [4.69, 9.17) is 0 Å². The highest BCUT2D eigenvalue weighted by Gasteiger charge is 2.30. The first kappa shape index (κ1) is 13.5. The smallest absolute Gasteiger partial charge is 0.151 e. The molecule has 0 N–H and O–H groups in total. The second kappa shape index (κ2) is 5.14. The maximum Gasteiger partial charge on any atom is 0.151 e. The summed E-state index contributed by atoms with van der Waals surface area (Å²) in [5.74, 6) is 0.603. The molecule has 0 amide bonds. The van der Waals surface area contributed by atoms with Gasteiger partial charge in [-0.05, 0) is 31.2 Å². The minimum absolute atomic E-state index is 0.131. The molecule has 1 aromatic heterocycles. The van der Waals surface area contributed by atoms with Crippen molar-refractivity contribution in [2.45, 2.75) is 19.0 Å². The van der Waals surface area contributed by atoms with Crippen molar-refractivity contribution in [3.8, 4) is 0 Å². The second-order valence-corrected chi connectivity index (χ2v) is 7.69. The van der Waals surface area contributed by atoms with E-state index in [1.807, 2.05) is 37.5 Å². The van der Waals surface area contributed by atoms with Crippen LogP contribution >= 0.6 is 0 Å². The van der Waals surface area contributed by atoms with Gasteiger partial charge in [-0.25, -0.2) is 8.42 Å². The summed E-state index contributed by atoms with van der Waals surface area (Å²) in [6.07, 6.45) is 2.55. The predicted octanol–water partition coefficient (Wildman–Crippen LogP) is 1.85. The topological polar surface area (TPSA) is 50.3 Å². The number of nitrogens with zero attached hydrogens (tertiary/aromatic N) is 2. The van der Waals surface area contributed by atoms with Crippen molar-refractivity contribution in [2.24, 2.45) is 0 Å². The number of para-hydroxylation sites is 1. The summed E-state index contributed by atoms with van der Waals surface area (Å²) in [7, 11) is -0.829. The number of fused-ring (bicyclic) bond motifs is 1. The van der Waals surface area contributed by atoms with Crippen molar-refractivity contribution in [3.05, 3.63) is 42.1 Å². The van der Waals surface area contributed by atoms with Crippen LogP contribution in [0.2, 0.25) is 0 Å². The minimum atomic E-state index is -2.83. The summed E-state index contributed by atoms with van der Waals surface area (Å²) in [5, 5.41) is 1.14. The summed E-state index contributed by atoms with van der Waals surface area (Å²) >= 11 is 0. The van der Waals surface area contributed by atoms with E-state index in [1.54, 1.807) is 0 Å². The molecule has 1 unspecified atom stereocenters. The number of sulfone groups is 1. The molecule has 0 bridgehead atoms. The van der Waals surface area contributed by atoms with Crippen molar-refractivity contribution < 1.29 is 8.42 Å². The van der Waals surface area contributed by atoms with Crippen LogP contribution in [0, 0.1) is 0 Å². The number of aromatic nitrogens is 1. The molecule has 1 atom stereocenters. The molecule has 1 fully saturated rings. The van der Waals surface area contributed by atoms with Gasteiger partial charge in [-0.2, -0.15) is 0 Å². The Labute approximate surface area is 119 Å². The lowest BCUT2D eigenvalue weighted by molar-refractivity contribution is 0.255. The standard InChI is InChI=1S/C15H18N2O2S/c1-17(13-7-9-20(18,19)11-13)10-12-6-8-16-15-5-3-2-4-14(12)15/h2-6,8,13H,7,9-11H2,1H3. The zero-order valence-electron chi connectivity index (χ0n) is 11.5. The van der Waals surface area contributed by atoms with Crippen LogP contribution < -0.4 is 0 Å². The van der Waals surface area contributed by atoms with E-state index in [1.165, 1.54) is 5.56 Å². The Kier molecular flexibility index (Phi) is 3.48. The molecule has 0 spiro atoms. The van der Waals surface area contributed by atoms with Gasteiger partial charge in [-0.3, -0.25) is 9.88 Å². The third kappa shape index (κ3) is 2.69. The lowest BCUT2D eigenvalue weighted by Gasteiger charge is -2.23. The minimum Gasteiger partial charge on any atom is -0.298 e. The Morgan fingerprint density at radius 3 is 2.85 bits per heavy atom. The summed E-state index contributed by atoms with van der Waals surface area (Å²) in [5.41, 5.74) is 2.18. The summed E-state index contributed by atoms with van der Waals surface area (Å²) < 4.78 is 23.1. The maximum absolute atomic E-state index is 11.6. The first-order valence-electron chi connectivity index (χ1n) is 6.78. The van der Waals surface area contributed by atoms with Crippen molar-refractivity contribution in [3.63, 3.8) is 0 Å². The monoisotopic (exact) mass is 290 g/mol. The zero-order chi connectivity index (χ0) is 14.2. The molecule has 0 radical (unpaired) electrons. The van der Waals surface area contributed by atoms with E-state index in [-0.39, 0.29) is 11.8 Å². The molecule has 3 rings (SSSR count). The lowest BCUT2D eigenvalue weighted by Crippen LogP contribution is -2.32. The summed E-state index contributed by atoms with van der Waals surface area (Å²) in [6.45, 7) is 0.753. The van der Waals surface area contributed by atoms with Crippen molar-refractivity contribution in [1.82, 2.24) is 9.88 Å². The van der Waals surface area contributed by atoms with Crippen LogP contribution in [0.4, 0.5) is 0 Å². The van der Waals surface area contributed by atoms with Crippen LogP contribution in [-0.4, -0.2) is 42.9 Å². The first-order valence-corrected chi connectivity index (χ1v) is 8.60. The Morgan fingerprint density at radius 2 is 2.10 bits per heavy atom. The number of benzene rings is 1. The largest absolute Gasteiger partial charge is 0.298 e. The molecule has 2 heterocycles. The third-order valence-electron chi connectivity index (χ3n) is 3.99. The molecule has 4 nitrogen and oxygen atoms in total. The molecule has 0 saturated carbocycles. The number of hydrogen-bond acceptors (Lipinski definition) is 4. The fourth-order valence-electron chi connectivity index (χ4n) is 2.81. The number of pyridine rings is 1. The highest BCUT2D eigenvalue weighted by Crippen LogP contribution is 2.22. The summed E-state index contributed by atoms with van der Waals surface area (Å²) in [4.78, 5) is 6.50. The van der Waals surface area contributed by atoms with Crippen LogP contribution in [0.15, 0.2) is 36.5 Å². The van der Waals surface area contributed by atoms with Gasteiger partial charge in [0.2, 0.25) is 0 Å². The van der Waals surface area contributed by atoms with Crippen LogP contribution in [0.5, 0.6) is 0 Å². The first-order chi connectivity index (χ1) is 9.55. The molecule has 1 aliphatic heterocycles. The fourth-order valence-corrected chi connectivity index (χ4v) is 4.62. The molecule has 0 aliphatic carbocycles. The van der Waals surface area contributed by atoms with E-state index < -0.39 is 9.84 Å². The van der Waals surface area contributed by atoms with Gasteiger partial charge >= 0.3 is 0 Å². The predicted molar refractivity (Wildman–Crippen MR) is 80.3 cm³/mol. The fraction of sp³-hybridized carbons (Fsp3) is 0.400. The molecule has 1 saturated heterocycles. The summed E-state index contributed by atoms with van der Waals surface area (Å²) in [6, 6.07) is 10.2. The van der Waals surface area contributed by atoms with Gasteiger partial charge in [-0.1, -0.05) is 18.2 Å². The second-order valence-electron chi connectivity index (χ2n) is 5.46. The molecule has 20 heavy (non-hydrogen) atoms. The molecular weight excluding hydrogens is 272 g/mol. The van der Waals surface area contributed by atoms with Crippen LogP contribution in [0.3, 0.4) is 0 Å². The Bertz CT molecular complexity index is 722. The van der Waals surface area contributed by atoms with Gasteiger partial charge in [-0.15, -0.1) is 0 Å². The maximum atomic E-state index is 11.6. The highest BCUT2D eigenvalue weighted by atomic mass is 32.2. The number of rotatable bonds is 3. The normalized spacial score (nSPS) is 21.6. The van der Waals surface area contributed by atoms with E-state index in [0.29, 0.717) is 5.75 Å². The van der Waals surface area contributed by atoms with Gasteiger partial charge < -0.3 is 0 Å². The van der Waals surface area contributed by atoms with Gasteiger partial charge in [0.05, 0.1) is 17.0 Å². The van der Waals surface area contributed by atoms with E-state index in [0.717, 1.165) is 23.9 Å². The molecule has 5 heteroatoms. The quantitative estimate of drug-likeness (QED) is 0.865. The third-order valence-corrected chi connectivity index (χ3v) is 5.74. The Hall–Kier alpha value is -1.46. The number of hydrogen-bond donors (Lipinski definition) is 0. The molecule has 1 aromatic carbocycles. The van der Waals surface area contributed by atoms with E-state index >= 15 is 0 Å². The van der Waals surface area contributed by atoms with Crippen molar-refractivity contribution >= 4 is 20.7 Å².